The molecule has 1 aromatic carbocycles. The third-order valence-electron chi connectivity index (χ3n) is 2.26. The van der Waals surface area contributed by atoms with E-state index in [4.69, 9.17) is 18.0 Å². The third kappa shape index (κ3) is 2.65. The Morgan fingerprint density at radius 2 is 2.11 bits per heavy atom. The molecule has 0 radical (unpaired) electrons. The molecule has 6 heteroatoms. The number of aromatic nitrogens is 1. The van der Waals surface area contributed by atoms with Crippen molar-refractivity contribution < 1.29 is 4.39 Å². The van der Waals surface area contributed by atoms with E-state index >= 15 is 0 Å². The van der Waals surface area contributed by atoms with Crippen molar-refractivity contribution in [1.82, 2.24) is 4.98 Å². The van der Waals surface area contributed by atoms with E-state index in [1.54, 1.807) is 30.5 Å². The monoisotopic (exact) mass is 325 g/mol. The van der Waals surface area contributed by atoms with Gasteiger partial charge in [-0.3, -0.25) is 4.98 Å². The molecule has 0 aliphatic rings. The molecule has 0 saturated carbocycles. The number of nitrogens with one attached hydrogen (secondary N) is 1. The van der Waals surface area contributed by atoms with E-state index < -0.39 is 0 Å². The van der Waals surface area contributed by atoms with E-state index in [1.165, 1.54) is 6.07 Å². The zero-order valence-corrected chi connectivity index (χ0v) is 11.6. The summed E-state index contributed by atoms with van der Waals surface area (Å²) in [6.07, 6.45) is 1.58. The van der Waals surface area contributed by atoms with Crippen LogP contribution in [0.2, 0.25) is 0 Å². The number of halogens is 2. The number of benzene rings is 1. The molecule has 0 atom stereocenters. The normalized spacial score (nSPS) is 10.1. The Labute approximate surface area is 117 Å². The fourth-order valence-electron chi connectivity index (χ4n) is 1.45. The number of hydrogen-bond acceptors (Lipinski definition) is 3. The van der Waals surface area contributed by atoms with Gasteiger partial charge in [-0.15, -0.1) is 0 Å². The van der Waals surface area contributed by atoms with Crippen LogP contribution in [0.25, 0.3) is 0 Å². The van der Waals surface area contributed by atoms with Gasteiger partial charge in [-0.2, -0.15) is 0 Å². The van der Waals surface area contributed by atoms with Gasteiger partial charge in [0.15, 0.2) is 0 Å². The van der Waals surface area contributed by atoms with Crippen LogP contribution in [-0.2, 0) is 0 Å². The summed E-state index contributed by atoms with van der Waals surface area (Å²) >= 11 is 8.18. The molecule has 0 unspecified atom stereocenters. The lowest BCUT2D eigenvalue weighted by atomic mass is 10.2. The Kier molecular flexibility index (Phi) is 3.88. The van der Waals surface area contributed by atoms with Gasteiger partial charge in [0.25, 0.3) is 0 Å². The molecule has 92 valence electrons. The van der Waals surface area contributed by atoms with Crippen molar-refractivity contribution in [3.63, 3.8) is 0 Å². The highest BCUT2D eigenvalue weighted by molar-refractivity contribution is 9.10. The fraction of sp³-hybridized carbons (Fsp3) is 0. The molecule has 1 aromatic heterocycles. The number of anilines is 2. The summed E-state index contributed by atoms with van der Waals surface area (Å²) in [5, 5.41) is 2.94. The van der Waals surface area contributed by atoms with Crippen LogP contribution in [0.4, 0.5) is 15.8 Å². The molecule has 1 heterocycles. The van der Waals surface area contributed by atoms with Gasteiger partial charge < -0.3 is 11.1 Å². The lowest BCUT2D eigenvalue weighted by Crippen LogP contribution is -2.14. The minimum atomic E-state index is -0.373. The van der Waals surface area contributed by atoms with E-state index in [1.807, 2.05) is 0 Å². The van der Waals surface area contributed by atoms with Crippen molar-refractivity contribution in [2.24, 2.45) is 5.73 Å². The van der Waals surface area contributed by atoms with Crippen molar-refractivity contribution in [1.29, 1.82) is 0 Å². The molecular formula is C12H9BrFN3S. The molecule has 0 fully saturated rings. The molecule has 18 heavy (non-hydrogen) atoms. The summed E-state index contributed by atoms with van der Waals surface area (Å²) in [6, 6.07) is 8.17. The summed E-state index contributed by atoms with van der Waals surface area (Å²) in [7, 11) is 0. The Bertz CT molecular complexity index is 583. The SMILES string of the molecule is NC(=S)c1ncccc1Nc1c(F)cccc1Br. The van der Waals surface area contributed by atoms with Crippen LogP contribution in [0.3, 0.4) is 0 Å². The first-order valence-electron chi connectivity index (χ1n) is 5.05. The van der Waals surface area contributed by atoms with Gasteiger partial charge in [0, 0.05) is 10.7 Å². The van der Waals surface area contributed by atoms with Gasteiger partial charge >= 0.3 is 0 Å². The van der Waals surface area contributed by atoms with Crippen LogP contribution in [0.1, 0.15) is 5.69 Å². The van der Waals surface area contributed by atoms with Crippen molar-refractivity contribution in [3.05, 3.63) is 52.5 Å². The first-order chi connectivity index (χ1) is 8.59. The highest BCUT2D eigenvalue weighted by atomic mass is 79.9. The first-order valence-corrected chi connectivity index (χ1v) is 6.25. The van der Waals surface area contributed by atoms with E-state index in [2.05, 4.69) is 26.2 Å². The Balaban J connectivity index is 2.43. The number of para-hydroxylation sites is 1. The van der Waals surface area contributed by atoms with Crippen molar-refractivity contribution in [3.8, 4) is 0 Å². The van der Waals surface area contributed by atoms with Gasteiger partial charge in [0.1, 0.15) is 16.5 Å². The largest absolute Gasteiger partial charge is 0.388 e. The van der Waals surface area contributed by atoms with E-state index in [9.17, 15) is 4.39 Å². The molecule has 0 bridgehead atoms. The summed E-state index contributed by atoms with van der Waals surface area (Å²) in [5.41, 5.74) is 6.89. The lowest BCUT2D eigenvalue weighted by Gasteiger charge is -2.12. The van der Waals surface area contributed by atoms with E-state index in [0.717, 1.165) is 0 Å². The minimum absolute atomic E-state index is 0.158. The topological polar surface area (TPSA) is 50.9 Å². The first kappa shape index (κ1) is 12.9. The standard InChI is InChI=1S/C12H9BrFN3S/c13-7-3-1-4-8(14)10(7)17-9-5-2-6-16-11(9)12(15)18/h1-6,17H,(H2,15,18). The molecule has 3 nitrogen and oxygen atoms in total. The quantitative estimate of drug-likeness (QED) is 0.849. The van der Waals surface area contributed by atoms with Crippen LogP contribution in [-0.4, -0.2) is 9.97 Å². The van der Waals surface area contributed by atoms with Crippen LogP contribution < -0.4 is 11.1 Å². The second kappa shape index (κ2) is 5.41. The molecule has 2 rings (SSSR count). The predicted octanol–water partition coefficient (Wildman–Crippen LogP) is 3.36. The Morgan fingerprint density at radius 1 is 1.33 bits per heavy atom. The van der Waals surface area contributed by atoms with E-state index in [-0.39, 0.29) is 10.8 Å². The summed E-state index contributed by atoms with van der Waals surface area (Å²) in [4.78, 5) is 4.23. The molecule has 0 spiro atoms. The third-order valence-corrected chi connectivity index (χ3v) is 3.12. The molecule has 0 aliphatic heterocycles. The van der Waals surface area contributed by atoms with Crippen molar-refractivity contribution in [2.75, 3.05) is 5.32 Å². The highest BCUT2D eigenvalue weighted by Gasteiger charge is 2.11. The highest BCUT2D eigenvalue weighted by Crippen LogP contribution is 2.29. The van der Waals surface area contributed by atoms with Gasteiger partial charge in [-0.25, -0.2) is 4.39 Å². The Hall–Kier alpha value is -1.53. The second-order valence-electron chi connectivity index (χ2n) is 3.49. The van der Waals surface area contributed by atoms with Gasteiger partial charge in [-0.1, -0.05) is 18.3 Å². The second-order valence-corrected chi connectivity index (χ2v) is 4.78. The summed E-state index contributed by atoms with van der Waals surface area (Å²) in [6.45, 7) is 0. The molecule has 0 aliphatic carbocycles. The van der Waals surface area contributed by atoms with E-state index in [0.29, 0.717) is 21.5 Å². The average molecular weight is 326 g/mol. The fourth-order valence-corrected chi connectivity index (χ4v) is 2.06. The molecule has 0 amide bonds. The number of nitrogens with zero attached hydrogens (tertiary/aromatic N) is 1. The maximum Gasteiger partial charge on any atom is 0.147 e. The Morgan fingerprint density at radius 3 is 2.78 bits per heavy atom. The predicted molar refractivity (Wildman–Crippen MR) is 77.5 cm³/mol. The molecular weight excluding hydrogens is 317 g/mol. The maximum atomic E-state index is 13.7. The average Bonchev–Trinajstić information content (AvgIpc) is 2.34. The van der Waals surface area contributed by atoms with Gasteiger partial charge in [-0.05, 0) is 40.2 Å². The summed E-state index contributed by atoms with van der Waals surface area (Å²) in [5.74, 6) is -0.373. The summed E-state index contributed by atoms with van der Waals surface area (Å²) < 4.78 is 14.3. The molecule has 0 saturated heterocycles. The number of thiocarbonyl (C=S) groups is 1. The zero-order valence-electron chi connectivity index (χ0n) is 9.15. The molecule has 2 aromatic rings. The minimum Gasteiger partial charge on any atom is -0.388 e. The van der Waals surface area contributed by atoms with Crippen LogP contribution >= 0.6 is 28.1 Å². The maximum absolute atomic E-state index is 13.7. The molecule has 3 N–H and O–H groups in total. The number of rotatable bonds is 3. The smallest absolute Gasteiger partial charge is 0.147 e. The van der Waals surface area contributed by atoms with Crippen LogP contribution in [0, 0.1) is 5.82 Å². The van der Waals surface area contributed by atoms with Crippen molar-refractivity contribution in [2.45, 2.75) is 0 Å². The lowest BCUT2D eigenvalue weighted by molar-refractivity contribution is 0.631. The number of nitrogens with two attached hydrogens (primary N) is 1. The van der Waals surface area contributed by atoms with Gasteiger partial charge in [0.05, 0.1) is 11.4 Å². The van der Waals surface area contributed by atoms with Crippen molar-refractivity contribution >= 4 is 44.5 Å². The van der Waals surface area contributed by atoms with Crippen LogP contribution in [0.15, 0.2) is 41.0 Å². The zero-order chi connectivity index (χ0) is 13.1. The van der Waals surface area contributed by atoms with Gasteiger partial charge in [0.2, 0.25) is 0 Å². The van der Waals surface area contributed by atoms with Crippen LogP contribution in [0.5, 0.6) is 0 Å². The number of hydrogen-bond donors (Lipinski definition) is 2. The number of pyridine rings is 1.